The topological polar surface area (TPSA) is 30.5 Å². The molecule has 0 heterocycles. The number of nitrogens with one attached hydrogen (secondary N) is 1. The summed E-state index contributed by atoms with van der Waals surface area (Å²) in [6.07, 6.45) is 1.07. The van der Waals surface area contributed by atoms with Gasteiger partial charge in [0, 0.05) is 6.04 Å². The Bertz CT molecular complexity index is 551. The third kappa shape index (κ3) is 3.99. The predicted octanol–water partition coefficient (Wildman–Crippen LogP) is 4.55. The van der Waals surface area contributed by atoms with Gasteiger partial charge < -0.3 is 14.8 Å². The van der Waals surface area contributed by atoms with Crippen LogP contribution in [0.5, 0.6) is 17.2 Å². The number of ether oxygens (including phenoxy) is 2. The first kappa shape index (κ1) is 15.4. The zero-order chi connectivity index (χ0) is 15.1. The van der Waals surface area contributed by atoms with Crippen molar-refractivity contribution in [1.82, 2.24) is 5.32 Å². The summed E-state index contributed by atoms with van der Waals surface area (Å²) < 4.78 is 11.2. The molecule has 0 aromatic heterocycles. The molecular weight excluding hydrogens is 262 g/mol. The van der Waals surface area contributed by atoms with Crippen LogP contribution in [0, 0.1) is 0 Å². The molecule has 0 saturated heterocycles. The van der Waals surface area contributed by atoms with E-state index in [4.69, 9.17) is 9.47 Å². The highest BCUT2D eigenvalue weighted by atomic mass is 16.5. The minimum Gasteiger partial charge on any atom is -0.493 e. The molecule has 1 atom stereocenters. The molecule has 0 aliphatic carbocycles. The molecule has 3 nitrogen and oxygen atoms in total. The maximum absolute atomic E-state index is 5.88. The van der Waals surface area contributed by atoms with Crippen LogP contribution >= 0.6 is 0 Å². The molecule has 0 radical (unpaired) electrons. The fourth-order valence-corrected chi connectivity index (χ4v) is 2.34. The van der Waals surface area contributed by atoms with Gasteiger partial charge in [-0.1, -0.05) is 38.1 Å². The molecule has 1 N–H and O–H groups in total. The molecule has 0 aliphatic rings. The first-order chi connectivity index (χ1) is 10.3. The minimum absolute atomic E-state index is 0.398. The minimum atomic E-state index is 0.398. The lowest BCUT2D eigenvalue weighted by molar-refractivity contribution is 0.379. The van der Waals surface area contributed by atoms with Crippen LogP contribution in [0.25, 0.3) is 0 Å². The fraction of sp³-hybridized carbons (Fsp3) is 0.333. The van der Waals surface area contributed by atoms with E-state index >= 15 is 0 Å². The van der Waals surface area contributed by atoms with Gasteiger partial charge in [-0.3, -0.25) is 0 Å². The summed E-state index contributed by atoms with van der Waals surface area (Å²) in [5.41, 5.74) is 1.28. The second kappa shape index (κ2) is 7.70. The van der Waals surface area contributed by atoms with Crippen LogP contribution in [0.1, 0.15) is 31.9 Å². The van der Waals surface area contributed by atoms with Crippen molar-refractivity contribution in [3.05, 3.63) is 54.1 Å². The van der Waals surface area contributed by atoms with Crippen LogP contribution in [0.2, 0.25) is 0 Å². The lowest BCUT2D eigenvalue weighted by Gasteiger charge is -2.17. The average molecular weight is 285 g/mol. The quantitative estimate of drug-likeness (QED) is 0.809. The molecule has 2 aromatic carbocycles. The van der Waals surface area contributed by atoms with E-state index in [0.29, 0.717) is 6.04 Å². The Kier molecular flexibility index (Phi) is 5.64. The van der Waals surface area contributed by atoms with Gasteiger partial charge in [0.15, 0.2) is 11.5 Å². The summed E-state index contributed by atoms with van der Waals surface area (Å²) >= 11 is 0. The van der Waals surface area contributed by atoms with Gasteiger partial charge >= 0.3 is 0 Å². The molecule has 3 heteroatoms. The standard InChI is InChI=1S/C18H23NO2/c1-4-16(19-5-2)14-10-12-15(13-11-14)21-18-9-7-6-8-17(18)20-3/h6-13,16,19H,4-5H2,1-3H3. The van der Waals surface area contributed by atoms with Gasteiger partial charge in [0.25, 0.3) is 0 Å². The van der Waals surface area contributed by atoms with Crippen molar-refractivity contribution < 1.29 is 9.47 Å². The number of hydrogen-bond donors (Lipinski definition) is 1. The van der Waals surface area contributed by atoms with E-state index < -0.39 is 0 Å². The average Bonchev–Trinajstić information content (AvgIpc) is 2.54. The number of para-hydroxylation sites is 2. The van der Waals surface area contributed by atoms with Crippen LogP contribution in [0.4, 0.5) is 0 Å². The second-order valence-electron chi connectivity index (χ2n) is 4.84. The lowest BCUT2D eigenvalue weighted by Crippen LogP contribution is -2.19. The van der Waals surface area contributed by atoms with E-state index in [-0.39, 0.29) is 0 Å². The predicted molar refractivity (Wildman–Crippen MR) is 86.2 cm³/mol. The molecule has 0 saturated carbocycles. The molecule has 21 heavy (non-hydrogen) atoms. The number of benzene rings is 2. The summed E-state index contributed by atoms with van der Waals surface area (Å²) in [4.78, 5) is 0. The Morgan fingerprint density at radius 1 is 0.952 bits per heavy atom. The molecule has 0 bridgehead atoms. The van der Waals surface area contributed by atoms with Crippen molar-refractivity contribution in [2.75, 3.05) is 13.7 Å². The van der Waals surface area contributed by atoms with Gasteiger partial charge in [0.05, 0.1) is 7.11 Å². The van der Waals surface area contributed by atoms with E-state index in [0.717, 1.165) is 30.2 Å². The SMILES string of the molecule is CCNC(CC)c1ccc(Oc2ccccc2OC)cc1. The molecular formula is C18H23NO2. The second-order valence-corrected chi connectivity index (χ2v) is 4.84. The Morgan fingerprint density at radius 3 is 2.19 bits per heavy atom. The van der Waals surface area contributed by atoms with Crippen LogP contribution in [0.3, 0.4) is 0 Å². The summed E-state index contributed by atoms with van der Waals surface area (Å²) in [5, 5.41) is 3.48. The first-order valence-electron chi connectivity index (χ1n) is 7.42. The number of rotatable bonds is 7. The third-order valence-electron chi connectivity index (χ3n) is 3.44. The van der Waals surface area contributed by atoms with Crippen molar-refractivity contribution in [3.8, 4) is 17.2 Å². The maximum atomic E-state index is 5.88. The Balaban J connectivity index is 2.12. The van der Waals surface area contributed by atoms with Crippen LogP contribution in [0.15, 0.2) is 48.5 Å². The van der Waals surface area contributed by atoms with Gasteiger partial charge in [-0.15, -0.1) is 0 Å². The highest BCUT2D eigenvalue weighted by molar-refractivity contribution is 5.43. The lowest BCUT2D eigenvalue weighted by atomic mass is 10.0. The molecule has 2 aromatic rings. The Hall–Kier alpha value is -2.00. The third-order valence-corrected chi connectivity index (χ3v) is 3.44. The zero-order valence-electron chi connectivity index (χ0n) is 12.9. The van der Waals surface area contributed by atoms with E-state index in [1.807, 2.05) is 36.4 Å². The van der Waals surface area contributed by atoms with Crippen molar-refractivity contribution in [2.45, 2.75) is 26.3 Å². The zero-order valence-corrected chi connectivity index (χ0v) is 12.9. The highest BCUT2D eigenvalue weighted by Gasteiger charge is 2.08. The van der Waals surface area contributed by atoms with Gasteiger partial charge in [-0.05, 0) is 42.8 Å². The molecule has 0 amide bonds. The first-order valence-corrected chi connectivity index (χ1v) is 7.42. The van der Waals surface area contributed by atoms with E-state index in [1.54, 1.807) is 7.11 Å². The molecule has 2 rings (SSSR count). The van der Waals surface area contributed by atoms with Crippen molar-refractivity contribution in [2.24, 2.45) is 0 Å². The molecule has 112 valence electrons. The largest absolute Gasteiger partial charge is 0.493 e. The van der Waals surface area contributed by atoms with Crippen LogP contribution < -0.4 is 14.8 Å². The van der Waals surface area contributed by atoms with Gasteiger partial charge in [-0.25, -0.2) is 0 Å². The van der Waals surface area contributed by atoms with Gasteiger partial charge in [0.1, 0.15) is 5.75 Å². The van der Waals surface area contributed by atoms with E-state index in [1.165, 1.54) is 5.56 Å². The summed E-state index contributed by atoms with van der Waals surface area (Å²) in [7, 11) is 1.65. The van der Waals surface area contributed by atoms with Crippen molar-refractivity contribution in [3.63, 3.8) is 0 Å². The Morgan fingerprint density at radius 2 is 1.62 bits per heavy atom. The maximum Gasteiger partial charge on any atom is 0.169 e. The number of hydrogen-bond acceptors (Lipinski definition) is 3. The normalized spacial score (nSPS) is 12.0. The van der Waals surface area contributed by atoms with E-state index in [2.05, 4.69) is 31.3 Å². The smallest absolute Gasteiger partial charge is 0.169 e. The van der Waals surface area contributed by atoms with Crippen LogP contribution in [-0.4, -0.2) is 13.7 Å². The Labute approximate surface area is 126 Å². The van der Waals surface area contributed by atoms with Gasteiger partial charge in [-0.2, -0.15) is 0 Å². The van der Waals surface area contributed by atoms with Crippen molar-refractivity contribution >= 4 is 0 Å². The van der Waals surface area contributed by atoms with E-state index in [9.17, 15) is 0 Å². The number of methoxy groups -OCH3 is 1. The fourth-order valence-electron chi connectivity index (χ4n) is 2.34. The monoisotopic (exact) mass is 285 g/mol. The molecule has 0 spiro atoms. The van der Waals surface area contributed by atoms with Crippen LogP contribution in [-0.2, 0) is 0 Å². The molecule has 0 aliphatic heterocycles. The molecule has 1 unspecified atom stereocenters. The van der Waals surface area contributed by atoms with Crippen molar-refractivity contribution in [1.29, 1.82) is 0 Å². The molecule has 0 fully saturated rings. The summed E-state index contributed by atoms with van der Waals surface area (Å²) in [6.45, 7) is 5.28. The highest BCUT2D eigenvalue weighted by Crippen LogP contribution is 2.31. The summed E-state index contributed by atoms with van der Waals surface area (Å²) in [6, 6.07) is 16.3. The van der Waals surface area contributed by atoms with Gasteiger partial charge in [0.2, 0.25) is 0 Å². The summed E-state index contributed by atoms with van der Waals surface area (Å²) in [5.74, 6) is 2.28.